The molecule has 8 heteroatoms. The van der Waals surface area contributed by atoms with Gasteiger partial charge in [-0.3, -0.25) is 9.52 Å². The number of hydrogen-bond acceptors (Lipinski definition) is 3. The van der Waals surface area contributed by atoms with Crippen LogP contribution in [0.3, 0.4) is 0 Å². The molecule has 22 heavy (non-hydrogen) atoms. The molecule has 1 aliphatic heterocycles. The number of amides is 1. The number of carbonyl (C=O) groups is 1. The minimum absolute atomic E-state index is 0.0386. The van der Waals surface area contributed by atoms with Crippen molar-refractivity contribution in [3.8, 4) is 0 Å². The van der Waals surface area contributed by atoms with Crippen LogP contribution in [0.5, 0.6) is 0 Å². The van der Waals surface area contributed by atoms with Crippen LogP contribution in [0.25, 0.3) is 0 Å². The zero-order valence-corrected chi connectivity index (χ0v) is 14.8. The Morgan fingerprint density at radius 2 is 2.00 bits per heavy atom. The summed E-state index contributed by atoms with van der Waals surface area (Å²) in [5.74, 6) is -0.175. The monoisotopic (exact) mass is 448 g/mol. The van der Waals surface area contributed by atoms with E-state index in [0.29, 0.717) is 16.9 Å². The Bertz CT molecular complexity index is 884. The molecule has 0 atom stereocenters. The predicted molar refractivity (Wildman–Crippen MR) is 93.8 cm³/mol. The number of nitrogens with one attached hydrogen (secondary N) is 2. The van der Waals surface area contributed by atoms with Crippen LogP contribution in [-0.2, 0) is 21.2 Å². The second-order valence-electron chi connectivity index (χ2n) is 4.78. The molecule has 114 valence electrons. The van der Waals surface area contributed by atoms with Crippen LogP contribution >= 0.6 is 34.2 Å². The number of carbonyl (C=O) groups excluding carboxylic acids is 1. The SMILES string of the molecule is O=C1Cc2cc(S(=O)(=O)Nc3cccc(I)c3)c(Cl)cc2N1. The van der Waals surface area contributed by atoms with E-state index in [-0.39, 0.29) is 22.2 Å². The number of rotatable bonds is 3. The van der Waals surface area contributed by atoms with Gasteiger partial charge in [-0.2, -0.15) is 0 Å². The summed E-state index contributed by atoms with van der Waals surface area (Å²) in [4.78, 5) is 11.3. The van der Waals surface area contributed by atoms with Crippen molar-refractivity contribution < 1.29 is 13.2 Å². The van der Waals surface area contributed by atoms with Crippen molar-refractivity contribution in [2.24, 2.45) is 0 Å². The molecule has 1 amide bonds. The molecular weight excluding hydrogens is 439 g/mol. The van der Waals surface area contributed by atoms with Crippen LogP contribution in [0.1, 0.15) is 5.56 Å². The lowest BCUT2D eigenvalue weighted by molar-refractivity contribution is -0.115. The van der Waals surface area contributed by atoms with Crippen LogP contribution < -0.4 is 10.0 Å². The summed E-state index contributed by atoms with van der Waals surface area (Å²) >= 11 is 8.16. The third-order valence-corrected chi connectivity index (χ3v) is 5.67. The number of halogens is 2. The first kappa shape index (κ1) is 15.6. The predicted octanol–water partition coefficient (Wildman–Crippen LogP) is 3.24. The Hall–Kier alpha value is -1.32. The highest BCUT2D eigenvalue weighted by molar-refractivity contribution is 14.1. The smallest absolute Gasteiger partial charge is 0.263 e. The molecule has 1 heterocycles. The largest absolute Gasteiger partial charge is 0.325 e. The highest BCUT2D eigenvalue weighted by Crippen LogP contribution is 2.33. The highest BCUT2D eigenvalue weighted by Gasteiger charge is 2.25. The fourth-order valence-corrected chi connectivity index (χ4v) is 4.37. The van der Waals surface area contributed by atoms with E-state index in [1.54, 1.807) is 18.2 Å². The minimum Gasteiger partial charge on any atom is -0.325 e. The molecule has 0 saturated heterocycles. The average molecular weight is 449 g/mol. The molecule has 0 fully saturated rings. The van der Waals surface area contributed by atoms with Crippen LogP contribution in [-0.4, -0.2) is 14.3 Å². The van der Waals surface area contributed by atoms with Crippen LogP contribution in [0.4, 0.5) is 11.4 Å². The van der Waals surface area contributed by atoms with E-state index in [2.05, 4.69) is 32.6 Å². The molecule has 0 unspecified atom stereocenters. The Morgan fingerprint density at radius 1 is 1.23 bits per heavy atom. The standard InChI is InChI=1S/C14H10ClIN2O3S/c15-11-7-12-8(5-14(19)17-12)4-13(11)22(20,21)18-10-3-1-2-9(16)6-10/h1-4,6-7,18H,5H2,(H,17,19). The second-order valence-corrected chi connectivity index (χ2v) is 8.08. The van der Waals surface area contributed by atoms with Crippen LogP contribution in [0.2, 0.25) is 5.02 Å². The summed E-state index contributed by atoms with van der Waals surface area (Å²) < 4.78 is 28.4. The molecule has 3 rings (SSSR count). The summed E-state index contributed by atoms with van der Waals surface area (Å²) in [6.45, 7) is 0. The summed E-state index contributed by atoms with van der Waals surface area (Å²) in [6, 6.07) is 9.89. The Kier molecular flexibility index (Phi) is 4.04. The fourth-order valence-electron chi connectivity index (χ4n) is 2.19. The van der Waals surface area contributed by atoms with Crippen molar-refractivity contribution in [2.45, 2.75) is 11.3 Å². The first-order chi connectivity index (χ1) is 10.3. The molecule has 0 spiro atoms. The molecule has 2 aromatic rings. The van der Waals surface area contributed by atoms with Gasteiger partial charge in [0.2, 0.25) is 5.91 Å². The molecule has 2 aromatic carbocycles. The quantitative estimate of drug-likeness (QED) is 0.708. The van der Waals surface area contributed by atoms with Crippen molar-refractivity contribution in [1.82, 2.24) is 0 Å². The lowest BCUT2D eigenvalue weighted by atomic mass is 10.2. The molecular formula is C14H10ClIN2O3S. The van der Waals surface area contributed by atoms with E-state index in [9.17, 15) is 13.2 Å². The zero-order chi connectivity index (χ0) is 15.9. The maximum absolute atomic E-state index is 12.5. The number of anilines is 2. The lowest BCUT2D eigenvalue weighted by Gasteiger charge is -2.11. The van der Waals surface area contributed by atoms with Gasteiger partial charge in [0, 0.05) is 14.9 Å². The first-order valence-electron chi connectivity index (χ1n) is 6.26. The van der Waals surface area contributed by atoms with E-state index in [4.69, 9.17) is 11.6 Å². The summed E-state index contributed by atoms with van der Waals surface area (Å²) in [6.07, 6.45) is 0.151. The lowest BCUT2D eigenvalue weighted by Crippen LogP contribution is -2.14. The van der Waals surface area contributed by atoms with Gasteiger partial charge in [-0.05, 0) is 58.5 Å². The van der Waals surface area contributed by atoms with Crippen molar-refractivity contribution in [2.75, 3.05) is 10.0 Å². The normalized spacial score (nSPS) is 13.6. The molecule has 0 saturated carbocycles. The Balaban J connectivity index is 1.99. The van der Waals surface area contributed by atoms with E-state index >= 15 is 0 Å². The van der Waals surface area contributed by atoms with E-state index < -0.39 is 10.0 Å². The minimum atomic E-state index is -3.82. The average Bonchev–Trinajstić information content (AvgIpc) is 2.76. The van der Waals surface area contributed by atoms with Crippen molar-refractivity contribution >= 4 is 61.5 Å². The maximum Gasteiger partial charge on any atom is 0.263 e. The van der Waals surface area contributed by atoms with Gasteiger partial charge in [0.25, 0.3) is 10.0 Å². The zero-order valence-electron chi connectivity index (χ0n) is 11.1. The third-order valence-electron chi connectivity index (χ3n) is 3.15. The number of hydrogen-bond donors (Lipinski definition) is 2. The molecule has 2 N–H and O–H groups in total. The molecule has 0 aromatic heterocycles. The van der Waals surface area contributed by atoms with Crippen molar-refractivity contribution in [3.05, 3.63) is 50.6 Å². The van der Waals surface area contributed by atoms with E-state index in [0.717, 1.165) is 3.57 Å². The van der Waals surface area contributed by atoms with Gasteiger partial charge in [-0.15, -0.1) is 0 Å². The van der Waals surface area contributed by atoms with Gasteiger partial charge < -0.3 is 5.32 Å². The summed E-state index contributed by atoms with van der Waals surface area (Å²) in [5, 5.41) is 2.70. The highest BCUT2D eigenvalue weighted by atomic mass is 127. The van der Waals surface area contributed by atoms with E-state index in [1.165, 1.54) is 12.1 Å². The molecule has 5 nitrogen and oxygen atoms in total. The van der Waals surface area contributed by atoms with Gasteiger partial charge in [-0.1, -0.05) is 17.7 Å². The third kappa shape index (κ3) is 3.06. The van der Waals surface area contributed by atoms with Gasteiger partial charge >= 0.3 is 0 Å². The summed E-state index contributed by atoms with van der Waals surface area (Å²) in [7, 11) is -3.82. The van der Waals surface area contributed by atoms with Crippen LogP contribution in [0, 0.1) is 3.57 Å². The number of fused-ring (bicyclic) bond motifs is 1. The van der Waals surface area contributed by atoms with Crippen molar-refractivity contribution in [1.29, 1.82) is 0 Å². The molecule has 0 aliphatic carbocycles. The Morgan fingerprint density at radius 3 is 2.73 bits per heavy atom. The fraction of sp³-hybridized carbons (Fsp3) is 0.0714. The molecule has 1 aliphatic rings. The first-order valence-corrected chi connectivity index (χ1v) is 9.20. The van der Waals surface area contributed by atoms with Gasteiger partial charge in [0.1, 0.15) is 4.90 Å². The summed E-state index contributed by atoms with van der Waals surface area (Å²) in [5.41, 5.74) is 1.64. The molecule has 0 bridgehead atoms. The Labute approximate surface area is 146 Å². The van der Waals surface area contributed by atoms with Crippen LogP contribution in [0.15, 0.2) is 41.3 Å². The number of sulfonamides is 1. The van der Waals surface area contributed by atoms with E-state index in [1.807, 2.05) is 6.07 Å². The van der Waals surface area contributed by atoms with Gasteiger partial charge in [0.05, 0.1) is 11.4 Å². The topological polar surface area (TPSA) is 75.3 Å². The van der Waals surface area contributed by atoms with Gasteiger partial charge in [0.15, 0.2) is 0 Å². The molecule has 0 radical (unpaired) electrons. The number of benzene rings is 2. The van der Waals surface area contributed by atoms with Gasteiger partial charge in [-0.25, -0.2) is 8.42 Å². The van der Waals surface area contributed by atoms with Crippen molar-refractivity contribution in [3.63, 3.8) is 0 Å². The second kappa shape index (κ2) is 5.71. The maximum atomic E-state index is 12.5.